The Morgan fingerprint density at radius 1 is 1.17 bits per heavy atom. The average molecular weight is 402 g/mol. The lowest BCUT2D eigenvalue weighted by atomic mass is 10.1. The lowest BCUT2D eigenvalue weighted by Crippen LogP contribution is -2.31. The summed E-state index contributed by atoms with van der Waals surface area (Å²) in [5.41, 5.74) is 4.88. The number of aryl methyl sites for hydroxylation is 1. The molecule has 0 bridgehead atoms. The molecule has 2 heterocycles. The van der Waals surface area contributed by atoms with Crippen molar-refractivity contribution in [1.29, 1.82) is 0 Å². The second-order valence-electron chi connectivity index (χ2n) is 8.18. The average Bonchev–Trinajstić information content (AvgIpc) is 3.31. The number of nitrogens with zero attached hydrogens (tertiary/aromatic N) is 3. The fourth-order valence-electron chi connectivity index (χ4n) is 4.15. The molecule has 1 aliphatic rings. The molecule has 0 amide bonds. The minimum atomic E-state index is 0.302. The summed E-state index contributed by atoms with van der Waals surface area (Å²) < 4.78 is 19.0. The molecule has 29 heavy (non-hydrogen) atoms. The molecule has 1 atom stereocenters. The van der Waals surface area contributed by atoms with Crippen LogP contribution in [0.4, 0.5) is 0 Å². The fourth-order valence-corrected chi connectivity index (χ4v) is 4.15. The van der Waals surface area contributed by atoms with Crippen LogP contribution in [0.5, 0.6) is 11.5 Å². The van der Waals surface area contributed by atoms with Crippen molar-refractivity contribution in [3.05, 3.63) is 40.7 Å². The van der Waals surface area contributed by atoms with Gasteiger partial charge in [0.25, 0.3) is 0 Å². The molecule has 0 spiro atoms. The monoisotopic (exact) mass is 401 g/mol. The van der Waals surface area contributed by atoms with E-state index in [2.05, 4.69) is 49.4 Å². The quantitative estimate of drug-likeness (QED) is 0.628. The van der Waals surface area contributed by atoms with Gasteiger partial charge in [0.1, 0.15) is 0 Å². The third-order valence-corrected chi connectivity index (χ3v) is 5.69. The zero-order chi connectivity index (χ0) is 21.0. The smallest absolute Gasteiger partial charge is 0.161 e. The van der Waals surface area contributed by atoms with E-state index in [9.17, 15) is 0 Å². The molecule has 6 nitrogen and oxygen atoms in total. The second-order valence-corrected chi connectivity index (χ2v) is 8.18. The van der Waals surface area contributed by atoms with E-state index >= 15 is 0 Å². The summed E-state index contributed by atoms with van der Waals surface area (Å²) in [4.78, 5) is 2.47. The molecule has 0 N–H and O–H groups in total. The number of aromatic nitrogens is 2. The molecule has 1 saturated heterocycles. The van der Waals surface area contributed by atoms with Crippen molar-refractivity contribution in [1.82, 2.24) is 14.7 Å². The van der Waals surface area contributed by atoms with Crippen molar-refractivity contribution in [3.8, 4) is 11.5 Å². The molecule has 1 fully saturated rings. The summed E-state index contributed by atoms with van der Waals surface area (Å²) in [6.07, 6.45) is 2.58. The van der Waals surface area contributed by atoms with E-state index in [-0.39, 0.29) is 0 Å². The Morgan fingerprint density at radius 2 is 1.93 bits per heavy atom. The molecule has 3 rings (SSSR count). The first kappa shape index (κ1) is 21.7. The van der Waals surface area contributed by atoms with E-state index in [0.717, 1.165) is 56.3 Å². The predicted molar refractivity (Wildman–Crippen MR) is 115 cm³/mol. The van der Waals surface area contributed by atoms with Gasteiger partial charge in [-0.1, -0.05) is 6.07 Å². The minimum Gasteiger partial charge on any atom is -0.493 e. The van der Waals surface area contributed by atoms with Crippen LogP contribution in [-0.4, -0.2) is 48.2 Å². The first-order chi connectivity index (χ1) is 13.9. The molecule has 2 aromatic rings. The highest BCUT2D eigenvalue weighted by Crippen LogP contribution is 2.29. The van der Waals surface area contributed by atoms with Crippen LogP contribution in [0.3, 0.4) is 0 Å². The summed E-state index contributed by atoms with van der Waals surface area (Å²) >= 11 is 0. The van der Waals surface area contributed by atoms with Gasteiger partial charge in [0.15, 0.2) is 11.5 Å². The molecule has 1 aliphatic heterocycles. The van der Waals surface area contributed by atoms with Crippen LogP contribution < -0.4 is 9.47 Å². The molecule has 160 valence electrons. The Labute approximate surface area is 174 Å². The van der Waals surface area contributed by atoms with Gasteiger partial charge in [-0.2, -0.15) is 5.10 Å². The Hall–Kier alpha value is -2.05. The molecule has 1 aromatic heterocycles. The van der Waals surface area contributed by atoms with Crippen molar-refractivity contribution < 1.29 is 14.2 Å². The lowest BCUT2D eigenvalue weighted by Gasteiger charge is -2.26. The van der Waals surface area contributed by atoms with Crippen molar-refractivity contribution in [3.63, 3.8) is 0 Å². The number of hydrogen-bond acceptors (Lipinski definition) is 5. The molecule has 1 aromatic carbocycles. The van der Waals surface area contributed by atoms with Gasteiger partial charge in [-0.25, -0.2) is 0 Å². The largest absolute Gasteiger partial charge is 0.493 e. The summed E-state index contributed by atoms with van der Waals surface area (Å²) in [7, 11) is 3.35. The van der Waals surface area contributed by atoms with Crippen LogP contribution in [0.2, 0.25) is 0 Å². The summed E-state index contributed by atoms with van der Waals surface area (Å²) in [6.45, 7) is 12.1. The first-order valence-electron chi connectivity index (χ1n) is 10.5. The van der Waals surface area contributed by atoms with Crippen LogP contribution >= 0.6 is 0 Å². The maximum absolute atomic E-state index is 5.94. The SMILES string of the molecule is COc1ccc(CN(Cc2c(C)nn(C(C)C)c2C)CC2CCCO2)cc1OC. The van der Waals surface area contributed by atoms with Crippen molar-refractivity contribution in [2.24, 2.45) is 0 Å². The summed E-state index contributed by atoms with van der Waals surface area (Å²) in [6, 6.07) is 6.52. The lowest BCUT2D eigenvalue weighted by molar-refractivity contribution is 0.0677. The minimum absolute atomic E-state index is 0.302. The van der Waals surface area contributed by atoms with Crippen molar-refractivity contribution in [2.45, 2.75) is 65.8 Å². The summed E-state index contributed by atoms with van der Waals surface area (Å²) in [5, 5.41) is 4.77. The molecule has 0 aliphatic carbocycles. The number of methoxy groups -OCH3 is 2. The van der Waals surface area contributed by atoms with E-state index in [0.29, 0.717) is 12.1 Å². The maximum Gasteiger partial charge on any atom is 0.161 e. The second kappa shape index (κ2) is 9.63. The normalized spacial score (nSPS) is 16.8. The molecule has 1 unspecified atom stereocenters. The van der Waals surface area contributed by atoms with Gasteiger partial charge in [-0.3, -0.25) is 9.58 Å². The molecule has 6 heteroatoms. The Balaban J connectivity index is 1.83. The van der Waals surface area contributed by atoms with Crippen LogP contribution in [0.15, 0.2) is 18.2 Å². The van der Waals surface area contributed by atoms with Gasteiger partial charge in [0.05, 0.1) is 26.0 Å². The zero-order valence-electron chi connectivity index (χ0n) is 18.7. The van der Waals surface area contributed by atoms with Crippen LogP contribution in [0.1, 0.15) is 55.2 Å². The zero-order valence-corrected chi connectivity index (χ0v) is 18.7. The number of benzene rings is 1. The number of rotatable bonds is 9. The van der Waals surface area contributed by atoms with Gasteiger partial charge in [-0.05, 0) is 58.2 Å². The Morgan fingerprint density at radius 3 is 2.52 bits per heavy atom. The first-order valence-corrected chi connectivity index (χ1v) is 10.5. The third kappa shape index (κ3) is 5.11. The molecular formula is C23H35N3O3. The third-order valence-electron chi connectivity index (χ3n) is 5.69. The number of hydrogen-bond donors (Lipinski definition) is 0. The number of ether oxygens (including phenoxy) is 3. The van der Waals surface area contributed by atoms with Gasteiger partial charge >= 0.3 is 0 Å². The van der Waals surface area contributed by atoms with Gasteiger partial charge in [0.2, 0.25) is 0 Å². The highest BCUT2D eigenvalue weighted by molar-refractivity contribution is 5.42. The summed E-state index contributed by atoms with van der Waals surface area (Å²) in [5.74, 6) is 1.52. The van der Waals surface area contributed by atoms with Crippen molar-refractivity contribution in [2.75, 3.05) is 27.4 Å². The highest BCUT2D eigenvalue weighted by Gasteiger charge is 2.22. The van der Waals surface area contributed by atoms with E-state index in [1.165, 1.54) is 16.8 Å². The van der Waals surface area contributed by atoms with Crippen molar-refractivity contribution >= 4 is 0 Å². The van der Waals surface area contributed by atoms with E-state index in [4.69, 9.17) is 19.3 Å². The van der Waals surface area contributed by atoms with Gasteiger partial charge in [0, 0.05) is 43.5 Å². The van der Waals surface area contributed by atoms with Crippen LogP contribution in [0, 0.1) is 13.8 Å². The van der Waals surface area contributed by atoms with Gasteiger partial charge in [-0.15, -0.1) is 0 Å². The Kier molecular flexibility index (Phi) is 7.19. The van der Waals surface area contributed by atoms with Crippen LogP contribution in [-0.2, 0) is 17.8 Å². The predicted octanol–water partition coefficient (Wildman–Crippen LogP) is 4.28. The highest BCUT2D eigenvalue weighted by atomic mass is 16.5. The van der Waals surface area contributed by atoms with E-state index < -0.39 is 0 Å². The van der Waals surface area contributed by atoms with Gasteiger partial charge < -0.3 is 14.2 Å². The van der Waals surface area contributed by atoms with E-state index in [1.54, 1.807) is 14.2 Å². The molecular weight excluding hydrogens is 366 g/mol. The molecule has 0 saturated carbocycles. The topological polar surface area (TPSA) is 48.8 Å². The maximum atomic E-state index is 5.94. The molecule has 0 radical (unpaired) electrons. The Bertz CT molecular complexity index is 810. The fraction of sp³-hybridized carbons (Fsp3) is 0.609. The standard InChI is InChI=1S/C23H35N3O3/c1-16(2)26-18(4)21(17(3)24-26)15-25(14-20-8-7-11-29-20)13-19-9-10-22(27-5)23(12-19)28-6/h9-10,12,16,20H,7-8,11,13-15H2,1-6H3. The van der Waals surface area contributed by atoms with Crippen LogP contribution in [0.25, 0.3) is 0 Å². The van der Waals surface area contributed by atoms with E-state index in [1.807, 2.05) is 6.07 Å².